The average molecular weight is 387 g/mol. The molecule has 1 heterocycles. The van der Waals surface area contributed by atoms with Gasteiger partial charge in [-0.25, -0.2) is 0 Å². The van der Waals surface area contributed by atoms with Gasteiger partial charge in [-0.2, -0.15) is 0 Å². The minimum Gasteiger partial charge on any atom is -0.384 e. The summed E-state index contributed by atoms with van der Waals surface area (Å²) in [7, 11) is 0. The highest BCUT2D eigenvalue weighted by atomic mass is 32.2. The molecule has 140 valence electrons. The van der Waals surface area contributed by atoms with Crippen molar-refractivity contribution >= 4 is 34.9 Å². The summed E-state index contributed by atoms with van der Waals surface area (Å²) in [4.78, 5) is 2.80. The standard InChI is InChI=1S/C22H30N2S2/c1-7-15-23-19-11-3-5-13-21(19)25-17-9-2-10-18-26-22-14-6-4-12-20(22)24-16-8-1/h3-6,11-14,23-24H,1-2,7-10,15-18H2. The first kappa shape index (κ1) is 19.5. The van der Waals surface area contributed by atoms with Gasteiger partial charge in [0, 0.05) is 34.3 Å². The lowest BCUT2D eigenvalue weighted by Crippen LogP contribution is -2.06. The first-order chi connectivity index (χ1) is 12.9. The van der Waals surface area contributed by atoms with E-state index in [4.69, 9.17) is 0 Å². The number of thioether (sulfide) groups is 2. The van der Waals surface area contributed by atoms with E-state index in [1.165, 1.54) is 71.2 Å². The van der Waals surface area contributed by atoms with Crippen molar-refractivity contribution in [2.45, 2.75) is 48.3 Å². The Balaban J connectivity index is 1.56. The third-order valence-corrected chi connectivity index (χ3v) is 6.88. The summed E-state index contributed by atoms with van der Waals surface area (Å²) >= 11 is 4.00. The van der Waals surface area contributed by atoms with E-state index in [-0.39, 0.29) is 0 Å². The molecular weight excluding hydrogens is 356 g/mol. The van der Waals surface area contributed by atoms with Gasteiger partial charge in [-0.15, -0.1) is 23.5 Å². The van der Waals surface area contributed by atoms with E-state index in [1.54, 1.807) is 0 Å². The van der Waals surface area contributed by atoms with Crippen molar-refractivity contribution in [3.63, 3.8) is 0 Å². The van der Waals surface area contributed by atoms with Gasteiger partial charge in [0.15, 0.2) is 0 Å². The Kier molecular flexibility index (Phi) is 8.59. The fourth-order valence-electron chi connectivity index (χ4n) is 3.10. The third kappa shape index (κ3) is 6.48. The molecule has 2 N–H and O–H groups in total. The predicted octanol–water partition coefficient (Wildman–Crippen LogP) is 6.75. The molecule has 2 aromatic carbocycles. The molecule has 0 saturated heterocycles. The monoisotopic (exact) mass is 386 g/mol. The van der Waals surface area contributed by atoms with Crippen molar-refractivity contribution in [2.75, 3.05) is 35.2 Å². The molecule has 1 aliphatic heterocycles. The van der Waals surface area contributed by atoms with Crippen molar-refractivity contribution in [1.29, 1.82) is 0 Å². The number of hydrogen-bond acceptors (Lipinski definition) is 4. The average Bonchev–Trinajstić information content (AvgIpc) is 2.68. The zero-order valence-electron chi connectivity index (χ0n) is 15.5. The maximum atomic E-state index is 3.64. The second kappa shape index (κ2) is 11.5. The largest absolute Gasteiger partial charge is 0.384 e. The van der Waals surface area contributed by atoms with Crippen molar-refractivity contribution in [3.05, 3.63) is 48.5 Å². The van der Waals surface area contributed by atoms with Crippen LogP contribution in [0.1, 0.15) is 38.5 Å². The molecule has 0 aromatic heterocycles. The van der Waals surface area contributed by atoms with E-state index in [0.29, 0.717) is 0 Å². The maximum absolute atomic E-state index is 3.64. The highest BCUT2D eigenvalue weighted by Crippen LogP contribution is 2.30. The summed E-state index contributed by atoms with van der Waals surface area (Å²) in [5.74, 6) is 2.42. The Morgan fingerprint density at radius 1 is 0.538 bits per heavy atom. The minimum absolute atomic E-state index is 1.06. The third-order valence-electron chi connectivity index (χ3n) is 4.56. The molecule has 3 rings (SSSR count). The number of hydrogen-bond donors (Lipinski definition) is 2. The summed E-state index contributed by atoms with van der Waals surface area (Å²) in [6, 6.07) is 17.5. The van der Waals surface area contributed by atoms with Gasteiger partial charge in [0.05, 0.1) is 0 Å². The van der Waals surface area contributed by atoms with Gasteiger partial charge in [-0.05, 0) is 67.9 Å². The van der Waals surface area contributed by atoms with Crippen LogP contribution >= 0.6 is 23.5 Å². The Labute approximate surface area is 166 Å². The Hall–Kier alpha value is -1.26. The van der Waals surface area contributed by atoms with Crippen LogP contribution in [0, 0.1) is 0 Å². The van der Waals surface area contributed by atoms with Crippen LogP contribution in [0.5, 0.6) is 0 Å². The number of benzene rings is 2. The number of rotatable bonds is 0. The van der Waals surface area contributed by atoms with E-state index in [1.807, 2.05) is 23.5 Å². The molecule has 0 atom stereocenters. The van der Waals surface area contributed by atoms with Crippen LogP contribution in [-0.4, -0.2) is 24.6 Å². The topological polar surface area (TPSA) is 24.1 Å². The summed E-state index contributed by atoms with van der Waals surface area (Å²) < 4.78 is 0. The normalized spacial score (nSPS) is 17.5. The predicted molar refractivity (Wildman–Crippen MR) is 119 cm³/mol. The highest BCUT2D eigenvalue weighted by molar-refractivity contribution is 7.99. The Morgan fingerprint density at radius 3 is 1.54 bits per heavy atom. The highest BCUT2D eigenvalue weighted by Gasteiger charge is 2.04. The fourth-order valence-corrected chi connectivity index (χ4v) is 5.17. The molecule has 0 radical (unpaired) electrons. The molecule has 0 spiro atoms. The van der Waals surface area contributed by atoms with Gasteiger partial charge in [-0.3, -0.25) is 0 Å². The van der Waals surface area contributed by atoms with Gasteiger partial charge in [-0.1, -0.05) is 30.7 Å². The zero-order chi connectivity index (χ0) is 17.9. The van der Waals surface area contributed by atoms with E-state index >= 15 is 0 Å². The molecule has 26 heavy (non-hydrogen) atoms. The second-order valence-electron chi connectivity index (χ2n) is 6.66. The van der Waals surface area contributed by atoms with Crippen LogP contribution in [0.3, 0.4) is 0 Å². The Bertz CT molecular complexity index is 549. The van der Waals surface area contributed by atoms with E-state index in [2.05, 4.69) is 59.2 Å². The smallest absolute Gasteiger partial charge is 0.0478 e. The van der Waals surface area contributed by atoms with Crippen molar-refractivity contribution in [1.82, 2.24) is 0 Å². The first-order valence-electron chi connectivity index (χ1n) is 9.85. The zero-order valence-corrected chi connectivity index (χ0v) is 17.1. The summed E-state index contributed by atoms with van der Waals surface area (Å²) in [5, 5.41) is 7.28. The van der Waals surface area contributed by atoms with E-state index in [9.17, 15) is 0 Å². The quantitative estimate of drug-likeness (QED) is 0.523. The number of nitrogens with one attached hydrogen (secondary N) is 2. The maximum Gasteiger partial charge on any atom is 0.0478 e. The van der Waals surface area contributed by atoms with Crippen LogP contribution in [0.25, 0.3) is 0 Å². The van der Waals surface area contributed by atoms with Crippen molar-refractivity contribution in [3.8, 4) is 0 Å². The molecule has 2 aromatic rings. The lowest BCUT2D eigenvalue weighted by atomic mass is 10.2. The summed E-state index contributed by atoms with van der Waals surface area (Å²) in [6.45, 7) is 2.12. The first-order valence-corrected chi connectivity index (χ1v) is 11.8. The number of fused-ring (bicyclic) bond motifs is 2. The lowest BCUT2D eigenvalue weighted by Gasteiger charge is -2.14. The lowest BCUT2D eigenvalue weighted by molar-refractivity contribution is 0.720. The molecule has 0 bridgehead atoms. The van der Waals surface area contributed by atoms with Gasteiger partial charge in [0.1, 0.15) is 0 Å². The minimum atomic E-state index is 1.06. The van der Waals surface area contributed by atoms with Crippen molar-refractivity contribution in [2.24, 2.45) is 0 Å². The van der Waals surface area contributed by atoms with Crippen LogP contribution in [0.4, 0.5) is 11.4 Å². The van der Waals surface area contributed by atoms with Crippen LogP contribution in [-0.2, 0) is 0 Å². The molecule has 0 aliphatic carbocycles. The van der Waals surface area contributed by atoms with Gasteiger partial charge in [0.25, 0.3) is 0 Å². The van der Waals surface area contributed by atoms with E-state index < -0.39 is 0 Å². The SMILES string of the molecule is c1ccc2c(c1)NCCCCCNc1ccccc1SCCCCCS2. The molecule has 0 unspecified atom stereocenters. The molecule has 0 amide bonds. The fraction of sp³-hybridized carbons (Fsp3) is 0.455. The molecule has 0 saturated carbocycles. The molecule has 0 fully saturated rings. The number of anilines is 2. The van der Waals surface area contributed by atoms with Crippen LogP contribution in [0.15, 0.2) is 58.3 Å². The Morgan fingerprint density at radius 2 is 1.00 bits per heavy atom. The summed E-state index contributed by atoms with van der Waals surface area (Å²) in [6.07, 6.45) is 7.59. The van der Waals surface area contributed by atoms with Gasteiger partial charge >= 0.3 is 0 Å². The molecular formula is C22H30N2S2. The van der Waals surface area contributed by atoms with Crippen LogP contribution in [0.2, 0.25) is 0 Å². The number of para-hydroxylation sites is 2. The van der Waals surface area contributed by atoms with E-state index in [0.717, 1.165) is 13.1 Å². The molecule has 2 nitrogen and oxygen atoms in total. The second-order valence-corrected chi connectivity index (χ2v) is 8.94. The summed E-state index contributed by atoms with van der Waals surface area (Å²) in [5.41, 5.74) is 2.61. The molecule has 4 heteroatoms. The molecule has 1 aliphatic rings. The van der Waals surface area contributed by atoms with Gasteiger partial charge < -0.3 is 10.6 Å². The van der Waals surface area contributed by atoms with Crippen LogP contribution < -0.4 is 10.6 Å². The van der Waals surface area contributed by atoms with Crippen molar-refractivity contribution < 1.29 is 0 Å². The van der Waals surface area contributed by atoms with Gasteiger partial charge in [0.2, 0.25) is 0 Å².